The Bertz CT molecular complexity index is 330. The minimum absolute atomic E-state index is 0.0211. The first kappa shape index (κ1) is 13.4. The number of carboxylic acids is 1. The van der Waals surface area contributed by atoms with E-state index >= 15 is 0 Å². The van der Waals surface area contributed by atoms with Crippen molar-refractivity contribution >= 4 is 11.9 Å². The average Bonchev–Trinajstić information content (AvgIpc) is 3.08. The molecule has 4 heteroatoms. The second-order valence-corrected chi connectivity index (χ2v) is 5.85. The molecular formula is C14H23NO3. The highest BCUT2D eigenvalue weighted by Gasteiger charge is 2.55. The number of carbonyl (C=O) groups excluding carboxylic acids is 1. The standard InChI is InChI=1S/C14H23NO3/c1-3-8(2)12(14(17)18)15-13(16)11-9-6-4-5-7-10(9)11/h8-12H,3-7H2,1-2H3,(H,15,16)(H,17,18)/t8?,9?,10?,11?,12-/m0/s1. The lowest BCUT2D eigenvalue weighted by molar-refractivity contribution is -0.143. The minimum atomic E-state index is -0.915. The summed E-state index contributed by atoms with van der Waals surface area (Å²) in [7, 11) is 0. The predicted octanol–water partition coefficient (Wildman–Crippen LogP) is 2.04. The van der Waals surface area contributed by atoms with E-state index in [9.17, 15) is 9.59 Å². The molecular weight excluding hydrogens is 230 g/mol. The van der Waals surface area contributed by atoms with Crippen LogP contribution in [0.15, 0.2) is 0 Å². The third-order valence-electron chi connectivity index (χ3n) is 4.74. The van der Waals surface area contributed by atoms with E-state index in [1.165, 1.54) is 12.8 Å². The van der Waals surface area contributed by atoms with Crippen molar-refractivity contribution < 1.29 is 14.7 Å². The summed E-state index contributed by atoms with van der Waals surface area (Å²) in [4.78, 5) is 23.3. The van der Waals surface area contributed by atoms with Gasteiger partial charge in [-0.1, -0.05) is 33.1 Å². The second kappa shape index (κ2) is 5.29. The van der Waals surface area contributed by atoms with Crippen molar-refractivity contribution in [1.82, 2.24) is 5.32 Å². The molecule has 2 aliphatic rings. The monoisotopic (exact) mass is 253 g/mol. The van der Waals surface area contributed by atoms with Crippen LogP contribution in [0.3, 0.4) is 0 Å². The van der Waals surface area contributed by atoms with Crippen LogP contribution in [-0.2, 0) is 9.59 Å². The number of carboxylic acid groups (broad SMARTS) is 1. The van der Waals surface area contributed by atoms with Crippen LogP contribution in [0.1, 0.15) is 46.0 Å². The normalized spacial score (nSPS) is 33.1. The lowest BCUT2D eigenvalue weighted by Gasteiger charge is -2.20. The molecule has 102 valence electrons. The van der Waals surface area contributed by atoms with Gasteiger partial charge in [0.05, 0.1) is 0 Å². The van der Waals surface area contributed by atoms with Crippen molar-refractivity contribution in [2.75, 3.05) is 0 Å². The van der Waals surface area contributed by atoms with E-state index < -0.39 is 12.0 Å². The molecule has 18 heavy (non-hydrogen) atoms. The molecule has 0 radical (unpaired) electrons. The van der Waals surface area contributed by atoms with Gasteiger partial charge in [0.1, 0.15) is 6.04 Å². The number of nitrogens with one attached hydrogen (secondary N) is 1. The van der Waals surface area contributed by atoms with Crippen LogP contribution in [0.2, 0.25) is 0 Å². The zero-order valence-electron chi connectivity index (χ0n) is 11.2. The summed E-state index contributed by atoms with van der Waals surface area (Å²) in [5.74, 6) is 0.196. The minimum Gasteiger partial charge on any atom is -0.480 e. The van der Waals surface area contributed by atoms with Gasteiger partial charge in [-0.15, -0.1) is 0 Å². The summed E-state index contributed by atoms with van der Waals surface area (Å²) < 4.78 is 0. The molecule has 0 aromatic carbocycles. The Hall–Kier alpha value is -1.06. The third-order valence-corrected chi connectivity index (χ3v) is 4.74. The number of hydrogen-bond donors (Lipinski definition) is 2. The largest absolute Gasteiger partial charge is 0.480 e. The Morgan fingerprint density at radius 2 is 1.83 bits per heavy atom. The second-order valence-electron chi connectivity index (χ2n) is 5.85. The number of hydrogen-bond acceptors (Lipinski definition) is 2. The number of carbonyl (C=O) groups is 2. The van der Waals surface area contributed by atoms with Gasteiger partial charge in [-0.05, 0) is 30.6 Å². The lowest BCUT2D eigenvalue weighted by Crippen LogP contribution is -2.45. The number of fused-ring (bicyclic) bond motifs is 1. The van der Waals surface area contributed by atoms with Crippen LogP contribution < -0.4 is 5.32 Å². The fourth-order valence-corrected chi connectivity index (χ4v) is 3.31. The van der Waals surface area contributed by atoms with Gasteiger partial charge in [0.15, 0.2) is 0 Å². The van der Waals surface area contributed by atoms with Crippen molar-refractivity contribution in [2.45, 2.75) is 52.0 Å². The van der Waals surface area contributed by atoms with E-state index in [-0.39, 0.29) is 17.7 Å². The maximum absolute atomic E-state index is 12.1. The zero-order valence-corrected chi connectivity index (χ0v) is 11.2. The lowest BCUT2D eigenvalue weighted by atomic mass is 9.99. The number of aliphatic carboxylic acids is 1. The van der Waals surface area contributed by atoms with E-state index in [1.54, 1.807) is 0 Å². The number of rotatable bonds is 5. The SMILES string of the molecule is CCC(C)[C@H](NC(=O)C1C2CCCCC21)C(=O)O. The molecule has 0 spiro atoms. The van der Waals surface area contributed by atoms with E-state index in [0.29, 0.717) is 11.8 Å². The molecule has 3 unspecified atom stereocenters. The first-order valence-corrected chi connectivity index (χ1v) is 7.09. The molecule has 0 bridgehead atoms. The molecule has 4 atom stereocenters. The Morgan fingerprint density at radius 3 is 2.28 bits per heavy atom. The number of amides is 1. The first-order valence-electron chi connectivity index (χ1n) is 7.09. The molecule has 2 N–H and O–H groups in total. The van der Waals surface area contributed by atoms with E-state index in [2.05, 4.69) is 5.32 Å². The van der Waals surface area contributed by atoms with Crippen LogP contribution in [0.4, 0.5) is 0 Å². The summed E-state index contributed by atoms with van der Waals surface area (Å²) in [6, 6.07) is -0.731. The van der Waals surface area contributed by atoms with E-state index in [0.717, 1.165) is 19.3 Å². The topological polar surface area (TPSA) is 66.4 Å². The van der Waals surface area contributed by atoms with Crippen LogP contribution in [-0.4, -0.2) is 23.0 Å². The molecule has 2 saturated carbocycles. The Morgan fingerprint density at radius 1 is 1.28 bits per heavy atom. The predicted molar refractivity (Wildman–Crippen MR) is 68.0 cm³/mol. The highest BCUT2D eigenvalue weighted by Crippen LogP contribution is 2.55. The maximum atomic E-state index is 12.1. The van der Waals surface area contributed by atoms with E-state index in [4.69, 9.17) is 5.11 Å². The summed E-state index contributed by atoms with van der Waals surface area (Å²) in [5, 5.41) is 11.9. The highest BCUT2D eigenvalue weighted by atomic mass is 16.4. The van der Waals surface area contributed by atoms with Crippen LogP contribution in [0.5, 0.6) is 0 Å². The summed E-state index contributed by atoms with van der Waals surface area (Å²) in [5.41, 5.74) is 0. The zero-order chi connectivity index (χ0) is 13.3. The summed E-state index contributed by atoms with van der Waals surface area (Å²) in [6.07, 6.45) is 5.49. The van der Waals surface area contributed by atoms with Gasteiger partial charge in [-0.25, -0.2) is 4.79 Å². The fraction of sp³-hybridized carbons (Fsp3) is 0.857. The molecule has 0 heterocycles. The first-order chi connectivity index (χ1) is 8.56. The van der Waals surface area contributed by atoms with Gasteiger partial charge in [0.2, 0.25) is 5.91 Å². The molecule has 2 fully saturated rings. The van der Waals surface area contributed by atoms with Crippen molar-refractivity contribution in [2.24, 2.45) is 23.7 Å². The Kier molecular flexibility index (Phi) is 3.93. The maximum Gasteiger partial charge on any atom is 0.326 e. The summed E-state index contributed by atoms with van der Waals surface area (Å²) >= 11 is 0. The van der Waals surface area contributed by atoms with Gasteiger partial charge >= 0.3 is 5.97 Å². The molecule has 2 rings (SSSR count). The summed E-state index contributed by atoms with van der Waals surface area (Å²) in [6.45, 7) is 3.82. The van der Waals surface area contributed by atoms with Crippen molar-refractivity contribution in [3.63, 3.8) is 0 Å². The molecule has 4 nitrogen and oxygen atoms in total. The van der Waals surface area contributed by atoms with Gasteiger partial charge in [0.25, 0.3) is 0 Å². The van der Waals surface area contributed by atoms with Crippen LogP contribution >= 0.6 is 0 Å². The highest BCUT2D eigenvalue weighted by molar-refractivity contribution is 5.87. The fourth-order valence-electron chi connectivity index (χ4n) is 3.31. The van der Waals surface area contributed by atoms with Gasteiger partial charge in [-0.2, -0.15) is 0 Å². The molecule has 0 aromatic rings. The molecule has 1 amide bonds. The quantitative estimate of drug-likeness (QED) is 0.788. The van der Waals surface area contributed by atoms with Gasteiger partial charge in [0, 0.05) is 5.92 Å². The third kappa shape index (κ3) is 2.52. The van der Waals surface area contributed by atoms with Crippen LogP contribution in [0, 0.1) is 23.7 Å². The van der Waals surface area contributed by atoms with Crippen molar-refractivity contribution in [1.29, 1.82) is 0 Å². The Labute approximate surface area is 108 Å². The molecule has 2 aliphatic carbocycles. The molecule has 0 aromatic heterocycles. The molecule has 0 saturated heterocycles. The van der Waals surface area contributed by atoms with Gasteiger partial charge in [-0.3, -0.25) is 4.79 Å². The smallest absolute Gasteiger partial charge is 0.326 e. The van der Waals surface area contributed by atoms with Gasteiger partial charge < -0.3 is 10.4 Å². The average molecular weight is 253 g/mol. The van der Waals surface area contributed by atoms with Crippen molar-refractivity contribution in [3.8, 4) is 0 Å². The molecule has 0 aliphatic heterocycles. The van der Waals surface area contributed by atoms with E-state index in [1.807, 2.05) is 13.8 Å². The van der Waals surface area contributed by atoms with Crippen LogP contribution in [0.25, 0.3) is 0 Å². The van der Waals surface area contributed by atoms with Crippen molar-refractivity contribution in [3.05, 3.63) is 0 Å². The Balaban J connectivity index is 1.92.